The molecular weight excluding hydrogens is 384 g/mol. The second kappa shape index (κ2) is 12.8. The SMILES string of the molecule is CCCC[NH3+].CCCC[NH3+].Nc1cc(N)c(S(=O)(=O)[O-])cc1S(=O)(=O)[O-]. The number of rotatable bonds is 6. The van der Waals surface area contributed by atoms with Crippen molar-refractivity contribution < 1.29 is 37.4 Å². The topological polar surface area (TPSA) is 222 Å². The van der Waals surface area contributed by atoms with E-state index in [4.69, 9.17) is 11.5 Å². The molecule has 0 aliphatic heterocycles. The van der Waals surface area contributed by atoms with Crippen LogP contribution in [-0.4, -0.2) is 39.0 Å². The minimum absolute atomic E-state index is 0.356. The average molecular weight is 415 g/mol. The van der Waals surface area contributed by atoms with Crippen molar-refractivity contribution in [1.82, 2.24) is 0 Å². The Kier molecular flexibility index (Phi) is 13.2. The van der Waals surface area contributed by atoms with Crippen LogP contribution in [0.2, 0.25) is 0 Å². The molecule has 0 heterocycles. The smallest absolute Gasteiger partial charge is 0.126 e. The van der Waals surface area contributed by atoms with E-state index in [1.165, 1.54) is 25.7 Å². The van der Waals surface area contributed by atoms with Crippen LogP contribution in [0.15, 0.2) is 21.9 Å². The Morgan fingerprint density at radius 1 is 0.808 bits per heavy atom. The highest BCUT2D eigenvalue weighted by Crippen LogP contribution is 2.27. The quantitative estimate of drug-likeness (QED) is 0.323. The number of benzene rings is 1. The van der Waals surface area contributed by atoms with E-state index in [1.807, 2.05) is 0 Å². The number of anilines is 2. The van der Waals surface area contributed by atoms with Crippen LogP contribution in [0.25, 0.3) is 0 Å². The van der Waals surface area contributed by atoms with E-state index in [0.29, 0.717) is 6.07 Å². The van der Waals surface area contributed by atoms with Gasteiger partial charge in [0.25, 0.3) is 0 Å². The van der Waals surface area contributed by atoms with Gasteiger partial charge >= 0.3 is 0 Å². The van der Waals surface area contributed by atoms with Gasteiger partial charge in [-0.25, -0.2) is 16.8 Å². The first-order valence-corrected chi connectivity index (χ1v) is 10.9. The predicted molar refractivity (Wildman–Crippen MR) is 96.5 cm³/mol. The fourth-order valence-corrected chi connectivity index (χ4v) is 2.82. The lowest BCUT2D eigenvalue weighted by molar-refractivity contribution is -0.368. The van der Waals surface area contributed by atoms with Gasteiger partial charge in [0.1, 0.15) is 20.2 Å². The molecule has 0 aliphatic rings. The Hall–Kier alpha value is -1.44. The second-order valence-electron chi connectivity index (χ2n) is 5.25. The van der Waals surface area contributed by atoms with Crippen LogP contribution in [0.3, 0.4) is 0 Å². The zero-order valence-corrected chi connectivity index (χ0v) is 16.9. The van der Waals surface area contributed by atoms with Crippen molar-refractivity contribution in [1.29, 1.82) is 0 Å². The average Bonchev–Trinajstić information content (AvgIpc) is 2.47. The van der Waals surface area contributed by atoms with Gasteiger partial charge in [-0.3, -0.25) is 0 Å². The van der Waals surface area contributed by atoms with Gasteiger partial charge in [-0.15, -0.1) is 0 Å². The van der Waals surface area contributed by atoms with Crippen LogP contribution in [0.5, 0.6) is 0 Å². The van der Waals surface area contributed by atoms with E-state index < -0.39 is 41.4 Å². The van der Waals surface area contributed by atoms with Gasteiger partial charge in [0.15, 0.2) is 0 Å². The van der Waals surface area contributed by atoms with Crippen molar-refractivity contribution in [2.45, 2.75) is 49.3 Å². The summed E-state index contributed by atoms with van der Waals surface area (Å²) in [7, 11) is -9.93. The lowest BCUT2D eigenvalue weighted by atomic mass is 10.3. The molecule has 0 spiro atoms. The van der Waals surface area contributed by atoms with Crippen LogP contribution < -0.4 is 22.9 Å². The summed E-state index contributed by atoms with van der Waals surface area (Å²) in [5.74, 6) is 0. The highest BCUT2D eigenvalue weighted by Gasteiger charge is 2.14. The first-order valence-electron chi connectivity index (χ1n) is 8.05. The normalized spacial score (nSPS) is 11.0. The van der Waals surface area contributed by atoms with Crippen molar-refractivity contribution in [2.24, 2.45) is 0 Å². The van der Waals surface area contributed by atoms with Gasteiger partial charge in [0.05, 0.1) is 34.3 Å². The summed E-state index contributed by atoms with van der Waals surface area (Å²) in [5.41, 5.74) is 16.7. The molecule has 1 aromatic carbocycles. The number of unbranched alkanes of at least 4 members (excludes halogenated alkanes) is 2. The molecule has 0 aliphatic carbocycles. The van der Waals surface area contributed by atoms with E-state index in [-0.39, 0.29) is 0 Å². The minimum atomic E-state index is -4.97. The van der Waals surface area contributed by atoms with E-state index in [2.05, 4.69) is 25.3 Å². The summed E-state index contributed by atoms with van der Waals surface area (Å²) in [4.78, 5) is -1.98. The maximum Gasteiger partial charge on any atom is 0.126 e. The molecule has 0 amide bonds. The molecule has 0 unspecified atom stereocenters. The maximum atomic E-state index is 10.7. The molecule has 10 nitrogen and oxygen atoms in total. The van der Waals surface area contributed by atoms with Crippen molar-refractivity contribution in [2.75, 3.05) is 24.6 Å². The molecule has 0 atom stereocenters. The van der Waals surface area contributed by atoms with Crippen molar-refractivity contribution in [3.05, 3.63) is 12.1 Å². The fourth-order valence-electron chi connectivity index (χ4n) is 1.53. The number of hydrogen-bond donors (Lipinski definition) is 4. The second-order valence-corrected chi connectivity index (χ2v) is 7.95. The van der Waals surface area contributed by atoms with Crippen molar-refractivity contribution in [3.63, 3.8) is 0 Å². The van der Waals surface area contributed by atoms with Gasteiger partial charge < -0.3 is 32.0 Å². The molecule has 0 saturated heterocycles. The Morgan fingerprint density at radius 3 is 1.27 bits per heavy atom. The van der Waals surface area contributed by atoms with Crippen LogP contribution in [-0.2, 0) is 20.2 Å². The third-order valence-electron chi connectivity index (χ3n) is 2.89. The number of nitrogens with two attached hydrogens (primary N) is 2. The number of quaternary nitrogens is 2. The molecule has 0 bridgehead atoms. The third kappa shape index (κ3) is 11.2. The van der Waals surface area contributed by atoms with Gasteiger partial charge in [0, 0.05) is 0 Å². The van der Waals surface area contributed by atoms with Crippen LogP contribution in [0.1, 0.15) is 39.5 Å². The molecule has 154 valence electrons. The van der Waals surface area contributed by atoms with Crippen LogP contribution >= 0.6 is 0 Å². The van der Waals surface area contributed by atoms with Crippen LogP contribution in [0, 0.1) is 0 Å². The van der Waals surface area contributed by atoms with E-state index >= 15 is 0 Å². The molecule has 10 N–H and O–H groups in total. The molecule has 0 fully saturated rings. The molecule has 12 heteroatoms. The summed E-state index contributed by atoms with van der Waals surface area (Å²) >= 11 is 0. The first-order chi connectivity index (χ1) is 11.9. The summed E-state index contributed by atoms with van der Waals surface area (Å²) < 4.78 is 64.0. The molecule has 1 aromatic rings. The molecular formula is C14H30N4O6S2. The van der Waals surface area contributed by atoms with E-state index in [0.717, 1.165) is 19.2 Å². The van der Waals surface area contributed by atoms with E-state index in [9.17, 15) is 25.9 Å². The maximum absolute atomic E-state index is 10.7. The molecule has 1 rings (SSSR count). The zero-order valence-electron chi connectivity index (χ0n) is 15.2. The Bertz CT molecular complexity index is 673. The standard InChI is InChI=1S/C6H8N2O6S2.2C4H11N/c7-3-1-4(8)6(16(12,13)14)2-5(3)15(9,10)11;2*1-2-3-4-5/h1-2H,7-8H2,(H,9,10,11)(H,12,13,14);2*2-5H2,1H3. The van der Waals surface area contributed by atoms with Crippen LogP contribution in [0.4, 0.5) is 11.4 Å². The molecule has 26 heavy (non-hydrogen) atoms. The largest absolute Gasteiger partial charge is 0.744 e. The predicted octanol–water partition coefficient (Wildman–Crippen LogP) is -1.28. The summed E-state index contributed by atoms with van der Waals surface area (Å²) in [6, 6.07) is 1.09. The summed E-state index contributed by atoms with van der Waals surface area (Å²) in [5, 5.41) is 0. The summed E-state index contributed by atoms with van der Waals surface area (Å²) in [6.07, 6.45) is 5.12. The van der Waals surface area contributed by atoms with Gasteiger partial charge in [-0.2, -0.15) is 0 Å². The number of hydrogen-bond acceptors (Lipinski definition) is 8. The zero-order chi connectivity index (χ0) is 21.0. The lowest BCUT2D eigenvalue weighted by Gasteiger charge is -2.15. The van der Waals surface area contributed by atoms with Gasteiger partial charge in [0.2, 0.25) is 0 Å². The molecule has 0 radical (unpaired) electrons. The lowest BCUT2D eigenvalue weighted by Crippen LogP contribution is -2.49. The van der Waals surface area contributed by atoms with E-state index in [1.54, 1.807) is 0 Å². The molecule has 0 aromatic heterocycles. The van der Waals surface area contributed by atoms with Crippen molar-refractivity contribution >= 4 is 31.6 Å². The van der Waals surface area contributed by atoms with Crippen molar-refractivity contribution in [3.8, 4) is 0 Å². The van der Waals surface area contributed by atoms with Gasteiger partial charge in [-0.1, -0.05) is 26.7 Å². The highest BCUT2D eigenvalue weighted by molar-refractivity contribution is 7.86. The third-order valence-corrected chi connectivity index (χ3v) is 4.67. The first kappa shape index (κ1) is 26.8. The molecule has 0 saturated carbocycles. The Morgan fingerprint density at radius 2 is 1.12 bits per heavy atom. The Balaban J connectivity index is 0. The Labute approximate surface area is 155 Å². The fraction of sp³-hybridized carbons (Fsp3) is 0.571. The summed E-state index contributed by atoms with van der Waals surface area (Å²) in [6.45, 7) is 6.53. The highest BCUT2D eigenvalue weighted by atomic mass is 32.2. The monoisotopic (exact) mass is 414 g/mol. The number of nitrogen functional groups attached to an aromatic ring is 2. The van der Waals surface area contributed by atoms with Gasteiger partial charge in [-0.05, 0) is 25.0 Å². The minimum Gasteiger partial charge on any atom is -0.744 e.